The van der Waals surface area contributed by atoms with Crippen LogP contribution >= 0.6 is 11.6 Å². The molecule has 0 saturated carbocycles. The molecule has 0 bridgehead atoms. The van der Waals surface area contributed by atoms with Crippen LogP contribution in [0.4, 0.5) is 0 Å². The zero-order valence-electron chi connectivity index (χ0n) is 9.79. The summed E-state index contributed by atoms with van der Waals surface area (Å²) in [5.74, 6) is 0.476. The fraction of sp³-hybridized carbons (Fsp3) is 0.462. The van der Waals surface area contributed by atoms with Crippen molar-refractivity contribution in [1.29, 1.82) is 0 Å². The lowest BCUT2D eigenvalue weighted by Gasteiger charge is -2.14. The Hall–Kier alpha value is -1.02. The highest BCUT2D eigenvalue weighted by molar-refractivity contribution is 6.17. The minimum atomic E-state index is -0.00479. The summed E-state index contributed by atoms with van der Waals surface area (Å²) in [6.07, 6.45) is 1.92. The van der Waals surface area contributed by atoms with E-state index in [9.17, 15) is 4.79 Å². The van der Waals surface area contributed by atoms with Crippen molar-refractivity contribution >= 4 is 17.5 Å². The molecule has 0 aliphatic carbocycles. The molecular formula is C13H18ClNO. The Labute approximate surface area is 102 Å². The minimum Gasteiger partial charge on any atom is -0.349 e. The first-order valence-corrected chi connectivity index (χ1v) is 6.20. The topological polar surface area (TPSA) is 29.1 Å². The lowest BCUT2D eigenvalue weighted by Crippen LogP contribution is -2.33. The summed E-state index contributed by atoms with van der Waals surface area (Å²) in [5.41, 5.74) is 1.72. The Balaban J connectivity index is 2.65. The molecular weight excluding hydrogens is 222 g/mol. The monoisotopic (exact) mass is 239 g/mol. The highest BCUT2D eigenvalue weighted by Gasteiger charge is 2.09. The molecule has 0 spiro atoms. The molecule has 0 atom stereocenters. The van der Waals surface area contributed by atoms with Crippen LogP contribution in [0.3, 0.4) is 0 Å². The molecule has 0 radical (unpaired) electrons. The average molecular weight is 240 g/mol. The van der Waals surface area contributed by atoms with Gasteiger partial charge in [0, 0.05) is 17.5 Å². The van der Waals surface area contributed by atoms with Crippen LogP contribution in [-0.2, 0) is 5.88 Å². The number of carbonyl (C=O) groups excluding carboxylic acids is 1. The van der Waals surface area contributed by atoms with Crippen molar-refractivity contribution in [1.82, 2.24) is 5.32 Å². The van der Waals surface area contributed by atoms with Gasteiger partial charge in [-0.2, -0.15) is 0 Å². The number of halogens is 1. The molecule has 0 heterocycles. The fourth-order valence-corrected chi connectivity index (χ4v) is 1.68. The largest absolute Gasteiger partial charge is 0.349 e. The molecule has 0 fully saturated rings. The van der Waals surface area contributed by atoms with E-state index in [0.29, 0.717) is 11.4 Å². The Morgan fingerprint density at radius 1 is 1.25 bits per heavy atom. The summed E-state index contributed by atoms with van der Waals surface area (Å²) < 4.78 is 0. The molecule has 3 heteroatoms. The Bertz CT molecular complexity index is 330. The Morgan fingerprint density at radius 2 is 1.81 bits per heavy atom. The number of rotatable bonds is 5. The lowest BCUT2D eigenvalue weighted by molar-refractivity contribution is 0.0935. The molecule has 1 amide bonds. The molecule has 0 aromatic heterocycles. The number of nitrogens with one attached hydrogen (secondary N) is 1. The van der Waals surface area contributed by atoms with Gasteiger partial charge in [-0.05, 0) is 30.5 Å². The van der Waals surface area contributed by atoms with Crippen molar-refractivity contribution in [2.45, 2.75) is 38.6 Å². The highest BCUT2D eigenvalue weighted by Crippen LogP contribution is 2.07. The Kier molecular flexibility index (Phi) is 5.33. The van der Waals surface area contributed by atoms with E-state index in [2.05, 4.69) is 19.2 Å². The summed E-state index contributed by atoms with van der Waals surface area (Å²) in [7, 11) is 0. The molecule has 16 heavy (non-hydrogen) atoms. The molecule has 0 aliphatic rings. The van der Waals surface area contributed by atoms with E-state index >= 15 is 0 Å². The molecule has 0 unspecified atom stereocenters. The maximum absolute atomic E-state index is 11.8. The third kappa shape index (κ3) is 3.53. The maximum atomic E-state index is 11.8. The van der Waals surface area contributed by atoms with Crippen LogP contribution in [0.15, 0.2) is 24.3 Å². The molecule has 1 aromatic carbocycles. The normalized spacial score (nSPS) is 10.5. The molecule has 0 aliphatic heterocycles. The first kappa shape index (κ1) is 13.0. The molecule has 1 aromatic rings. The van der Waals surface area contributed by atoms with Crippen molar-refractivity contribution < 1.29 is 4.79 Å². The van der Waals surface area contributed by atoms with Gasteiger partial charge in [-0.1, -0.05) is 26.0 Å². The average Bonchev–Trinajstić information content (AvgIpc) is 2.35. The maximum Gasteiger partial charge on any atom is 0.251 e. The van der Waals surface area contributed by atoms with Crippen molar-refractivity contribution in [2.75, 3.05) is 0 Å². The standard InChI is InChI=1S/C13H18ClNO/c1-3-12(4-2)15-13(16)11-7-5-10(9-14)6-8-11/h5-8,12H,3-4,9H2,1-2H3,(H,15,16). The van der Waals surface area contributed by atoms with Crippen LogP contribution in [0, 0.1) is 0 Å². The van der Waals surface area contributed by atoms with Crippen molar-refractivity contribution in [3.63, 3.8) is 0 Å². The van der Waals surface area contributed by atoms with Crippen LogP contribution in [0.5, 0.6) is 0 Å². The first-order chi connectivity index (χ1) is 7.71. The van der Waals surface area contributed by atoms with E-state index in [-0.39, 0.29) is 11.9 Å². The third-order valence-corrected chi connectivity index (χ3v) is 3.00. The van der Waals surface area contributed by atoms with Gasteiger partial charge in [-0.3, -0.25) is 4.79 Å². The molecule has 1 rings (SSSR count). The van der Waals surface area contributed by atoms with E-state index in [1.54, 1.807) is 0 Å². The second-order valence-electron chi connectivity index (χ2n) is 3.82. The second-order valence-corrected chi connectivity index (χ2v) is 4.08. The number of carbonyl (C=O) groups is 1. The van der Waals surface area contributed by atoms with Gasteiger partial charge in [-0.15, -0.1) is 11.6 Å². The van der Waals surface area contributed by atoms with E-state index in [4.69, 9.17) is 11.6 Å². The fourth-order valence-electron chi connectivity index (χ4n) is 1.51. The smallest absolute Gasteiger partial charge is 0.251 e. The minimum absolute atomic E-state index is 0.00479. The number of alkyl halides is 1. The van der Waals surface area contributed by atoms with Gasteiger partial charge in [0.15, 0.2) is 0 Å². The van der Waals surface area contributed by atoms with Gasteiger partial charge >= 0.3 is 0 Å². The summed E-state index contributed by atoms with van der Waals surface area (Å²) in [6, 6.07) is 7.66. The second kappa shape index (κ2) is 6.54. The van der Waals surface area contributed by atoms with E-state index < -0.39 is 0 Å². The van der Waals surface area contributed by atoms with E-state index in [0.717, 1.165) is 18.4 Å². The van der Waals surface area contributed by atoms with Gasteiger partial charge in [0.05, 0.1) is 0 Å². The van der Waals surface area contributed by atoms with Crippen LogP contribution < -0.4 is 5.32 Å². The lowest BCUT2D eigenvalue weighted by atomic mass is 10.1. The van der Waals surface area contributed by atoms with E-state index in [1.807, 2.05) is 24.3 Å². The van der Waals surface area contributed by atoms with Crippen LogP contribution in [0.1, 0.15) is 42.6 Å². The zero-order valence-corrected chi connectivity index (χ0v) is 10.6. The zero-order chi connectivity index (χ0) is 12.0. The molecule has 2 nitrogen and oxygen atoms in total. The quantitative estimate of drug-likeness (QED) is 0.785. The predicted molar refractivity (Wildman–Crippen MR) is 67.8 cm³/mol. The summed E-state index contributed by atoms with van der Waals surface area (Å²) >= 11 is 5.69. The number of hydrogen-bond acceptors (Lipinski definition) is 1. The summed E-state index contributed by atoms with van der Waals surface area (Å²) in [6.45, 7) is 4.15. The van der Waals surface area contributed by atoms with Crippen LogP contribution in [0.2, 0.25) is 0 Å². The first-order valence-electron chi connectivity index (χ1n) is 5.67. The third-order valence-electron chi connectivity index (χ3n) is 2.69. The molecule has 1 N–H and O–H groups in total. The van der Waals surface area contributed by atoms with Crippen LogP contribution in [-0.4, -0.2) is 11.9 Å². The number of benzene rings is 1. The van der Waals surface area contributed by atoms with Gasteiger partial charge < -0.3 is 5.32 Å². The van der Waals surface area contributed by atoms with Gasteiger partial charge in [0.1, 0.15) is 0 Å². The van der Waals surface area contributed by atoms with Crippen molar-refractivity contribution in [2.24, 2.45) is 0 Å². The van der Waals surface area contributed by atoms with Crippen molar-refractivity contribution in [3.05, 3.63) is 35.4 Å². The Morgan fingerprint density at radius 3 is 2.25 bits per heavy atom. The highest BCUT2D eigenvalue weighted by atomic mass is 35.5. The van der Waals surface area contributed by atoms with Gasteiger partial charge in [-0.25, -0.2) is 0 Å². The molecule has 88 valence electrons. The SMILES string of the molecule is CCC(CC)NC(=O)c1ccc(CCl)cc1. The van der Waals surface area contributed by atoms with Crippen LogP contribution in [0.25, 0.3) is 0 Å². The number of amides is 1. The predicted octanol–water partition coefficient (Wildman–Crippen LogP) is 3.34. The summed E-state index contributed by atoms with van der Waals surface area (Å²) in [4.78, 5) is 11.8. The van der Waals surface area contributed by atoms with Gasteiger partial charge in [0.2, 0.25) is 0 Å². The molecule has 0 saturated heterocycles. The number of hydrogen-bond donors (Lipinski definition) is 1. The van der Waals surface area contributed by atoms with Gasteiger partial charge in [0.25, 0.3) is 5.91 Å². The summed E-state index contributed by atoms with van der Waals surface area (Å²) in [5, 5.41) is 3.00. The van der Waals surface area contributed by atoms with E-state index in [1.165, 1.54) is 0 Å². The van der Waals surface area contributed by atoms with Crippen molar-refractivity contribution in [3.8, 4) is 0 Å².